The van der Waals surface area contributed by atoms with E-state index in [1.165, 1.54) is 0 Å². The van der Waals surface area contributed by atoms with Crippen LogP contribution in [0.15, 0.2) is 11.0 Å². The zero-order chi connectivity index (χ0) is 27.1. The molecule has 0 amide bonds. The summed E-state index contributed by atoms with van der Waals surface area (Å²) in [5, 5.41) is 24.7. The fraction of sp³-hybridized carbons (Fsp3) is 0.750. The molecule has 2 aliphatic rings. The summed E-state index contributed by atoms with van der Waals surface area (Å²) in [6.45, 7) is 14.7. The van der Waals surface area contributed by atoms with Crippen molar-refractivity contribution in [3.8, 4) is 0 Å². The molecule has 0 radical (unpaired) electrons. The zero-order valence-electron chi connectivity index (χ0n) is 23.0. The second kappa shape index (κ2) is 10.6. The van der Waals surface area contributed by atoms with Gasteiger partial charge in [-0.05, 0) is 58.1 Å². The number of rotatable bonds is 2. The molecule has 7 unspecified atom stereocenters. The van der Waals surface area contributed by atoms with Crippen molar-refractivity contribution in [2.45, 2.75) is 117 Å². The largest absolute Gasteiger partial charge is 0.455 e. The molecule has 7 nitrogen and oxygen atoms in total. The van der Waals surface area contributed by atoms with Crippen LogP contribution in [0.5, 0.6) is 0 Å². The second-order valence-corrected chi connectivity index (χ2v) is 13.0. The lowest BCUT2D eigenvalue weighted by atomic mass is 9.73. The number of hydrogen-bond donors (Lipinski definition) is 2. The Morgan fingerprint density at radius 3 is 2.47 bits per heavy atom. The third-order valence-corrected chi connectivity index (χ3v) is 9.25. The number of thiazole rings is 1. The molecule has 202 valence electrons. The third-order valence-electron chi connectivity index (χ3n) is 8.45. The van der Waals surface area contributed by atoms with Crippen LogP contribution in [0.4, 0.5) is 0 Å². The number of epoxide rings is 1. The number of cyclic esters (lactones) is 1. The minimum atomic E-state index is -1.24. The fourth-order valence-electron chi connectivity index (χ4n) is 5.28. The highest BCUT2D eigenvalue weighted by atomic mass is 32.1. The van der Waals surface area contributed by atoms with Crippen molar-refractivity contribution in [2.24, 2.45) is 17.3 Å². The first-order valence-electron chi connectivity index (χ1n) is 13.0. The molecule has 2 saturated heterocycles. The number of hydrogen-bond acceptors (Lipinski definition) is 8. The second-order valence-electron chi connectivity index (χ2n) is 11.9. The number of aryl methyl sites for hydroxylation is 1. The SMILES string of the molecule is CC(=Cc1csc(C)n1)C1(C)CC2OC2(C)CCCC(C)C(O)C(C)C(=O)C(C)(C)C(O)CC(=O)O1. The van der Waals surface area contributed by atoms with E-state index in [2.05, 4.69) is 11.9 Å². The predicted molar refractivity (Wildman–Crippen MR) is 140 cm³/mol. The average Bonchev–Trinajstić information content (AvgIpc) is 3.21. The van der Waals surface area contributed by atoms with Crippen LogP contribution in [0.1, 0.15) is 91.3 Å². The van der Waals surface area contributed by atoms with E-state index >= 15 is 0 Å². The van der Waals surface area contributed by atoms with E-state index in [9.17, 15) is 19.8 Å². The smallest absolute Gasteiger partial charge is 0.309 e. The minimum Gasteiger partial charge on any atom is -0.455 e. The third kappa shape index (κ3) is 6.26. The molecular formula is C28H43NO6S. The molecule has 2 aliphatic heterocycles. The Bertz CT molecular complexity index is 1000. The molecule has 0 aromatic carbocycles. The first kappa shape index (κ1) is 29.0. The molecule has 3 rings (SSSR count). The van der Waals surface area contributed by atoms with Crippen LogP contribution in [-0.2, 0) is 19.1 Å². The van der Waals surface area contributed by atoms with Crippen LogP contribution < -0.4 is 0 Å². The van der Waals surface area contributed by atoms with Crippen LogP contribution in [-0.4, -0.2) is 56.5 Å². The quantitative estimate of drug-likeness (QED) is 0.422. The highest BCUT2D eigenvalue weighted by Gasteiger charge is 2.55. The molecule has 1 aromatic rings. The Kier molecular flexibility index (Phi) is 8.55. The Morgan fingerprint density at radius 1 is 1.19 bits per heavy atom. The van der Waals surface area contributed by atoms with Gasteiger partial charge < -0.3 is 19.7 Å². The van der Waals surface area contributed by atoms with E-state index in [-0.39, 0.29) is 29.8 Å². The highest BCUT2D eigenvalue weighted by molar-refractivity contribution is 7.09. The molecule has 7 atom stereocenters. The van der Waals surface area contributed by atoms with Crippen molar-refractivity contribution in [1.29, 1.82) is 0 Å². The van der Waals surface area contributed by atoms with Gasteiger partial charge >= 0.3 is 5.97 Å². The minimum absolute atomic E-state index is 0.0763. The molecular weight excluding hydrogens is 478 g/mol. The summed E-state index contributed by atoms with van der Waals surface area (Å²) in [4.78, 5) is 30.9. The number of ketones is 1. The maximum atomic E-state index is 13.3. The van der Waals surface area contributed by atoms with E-state index in [1.54, 1.807) is 32.1 Å². The van der Waals surface area contributed by atoms with Crippen molar-refractivity contribution in [1.82, 2.24) is 4.98 Å². The zero-order valence-corrected chi connectivity index (χ0v) is 23.8. The fourth-order valence-corrected chi connectivity index (χ4v) is 5.85. The number of Topliss-reactive ketones (excluding diaryl/α,β-unsaturated/α-hetero) is 1. The van der Waals surface area contributed by atoms with Crippen molar-refractivity contribution < 1.29 is 29.3 Å². The Balaban J connectivity index is 1.91. The molecule has 0 saturated carbocycles. The molecule has 2 fully saturated rings. The summed E-state index contributed by atoms with van der Waals surface area (Å²) >= 11 is 1.56. The molecule has 8 heteroatoms. The average molecular weight is 522 g/mol. The number of carbonyl (C=O) groups is 2. The number of ether oxygens (including phenoxy) is 2. The van der Waals surface area contributed by atoms with E-state index < -0.39 is 35.1 Å². The normalized spacial score (nSPS) is 38.8. The summed E-state index contributed by atoms with van der Waals surface area (Å²) in [5.41, 5.74) is -0.843. The Labute approximate surface area is 219 Å². The van der Waals surface area contributed by atoms with Crippen LogP contribution in [0, 0.1) is 24.2 Å². The van der Waals surface area contributed by atoms with Crippen molar-refractivity contribution in [3.05, 3.63) is 21.7 Å². The van der Waals surface area contributed by atoms with Gasteiger partial charge in [0.2, 0.25) is 0 Å². The Morgan fingerprint density at radius 2 is 1.86 bits per heavy atom. The molecule has 2 N–H and O–H groups in total. The number of nitrogens with zero attached hydrogens (tertiary/aromatic N) is 1. The summed E-state index contributed by atoms with van der Waals surface area (Å²) in [6.07, 6.45) is 2.38. The standard InChI is InChI=1S/C28H43NO6S/c1-16-10-9-11-27(7)22(34-27)14-28(8,17(2)12-20-15-36-19(4)29-20)35-23(31)13-21(30)26(5,6)25(33)18(3)24(16)32/h12,15-16,18,21-22,24,30,32H,9-11,13-14H2,1-8H3. The molecule has 0 bridgehead atoms. The van der Waals surface area contributed by atoms with Gasteiger partial charge in [-0.3, -0.25) is 9.59 Å². The van der Waals surface area contributed by atoms with Gasteiger partial charge in [-0.2, -0.15) is 0 Å². The van der Waals surface area contributed by atoms with Gasteiger partial charge in [0.1, 0.15) is 11.4 Å². The maximum absolute atomic E-state index is 13.3. The predicted octanol–water partition coefficient (Wildman–Crippen LogP) is 4.87. The van der Waals surface area contributed by atoms with Crippen molar-refractivity contribution in [3.63, 3.8) is 0 Å². The van der Waals surface area contributed by atoms with Gasteiger partial charge in [0.05, 0.1) is 46.5 Å². The number of esters is 1. The van der Waals surface area contributed by atoms with E-state index in [1.807, 2.05) is 39.2 Å². The first-order valence-corrected chi connectivity index (χ1v) is 13.9. The molecule has 0 spiro atoms. The molecule has 1 aromatic heterocycles. The van der Waals surface area contributed by atoms with Gasteiger partial charge in [-0.1, -0.05) is 34.1 Å². The van der Waals surface area contributed by atoms with Gasteiger partial charge in [0.15, 0.2) is 0 Å². The highest BCUT2D eigenvalue weighted by Crippen LogP contribution is 2.47. The molecule has 3 heterocycles. The molecule has 36 heavy (non-hydrogen) atoms. The van der Waals surface area contributed by atoms with Gasteiger partial charge in [-0.25, -0.2) is 4.98 Å². The summed E-state index contributed by atoms with van der Waals surface area (Å²) in [5.74, 6) is -1.58. The van der Waals surface area contributed by atoms with Crippen molar-refractivity contribution in [2.75, 3.05) is 0 Å². The number of fused-ring (bicyclic) bond motifs is 1. The van der Waals surface area contributed by atoms with Crippen molar-refractivity contribution >= 4 is 29.2 Å². The monoisotopic (exact) mass is 521 g/mol. The summed E-state index contributed by atoms with van der Waals surface area (Å²) in [7, 11) is 0. The summed E-state index contributed by atoms with van der Waals surface area (Å²) < 4.78 is 12.2. The lowest BCUT2D eigenvalue weighted by Gasteiger charge is -2.36. The van der Waals surface area contributed by atoms with Gasteiger partial charge in [0, 0.05) is 17.7 Å². The number of aromatic nitrogens is 1. The van der Waals surface area contributed by atoms with Crippen LogP contribution in [0.25, 0.3) is 6.08 Å². The maximum Gasteiger partial charge on any atom is 0.309 e. The lowest BCUT2D eigenvalue weighted by Crippen LogP contribution is -2.46. The van der Waals surface area contributed by atoms with Crippen LogP contribution in [0.2, 0.25) is 0 Å². The molecule has 0 aliphatic carbocycles. The number of carbonyl (C=O) groups excluding carboxylic acids is 2. The van der Waals surface area contributed by atoms with Gasteiger partial charge in [0.25, 0.3) is 0 Å². The van der Waals surface area contributed by atoms with E-state index in [0.29, 0.717) is 6.42 Å². The first-order chi connectivity index (χ1) is 16.6. The summed E-state index contributed by atoms with van der Waals surface area (Å²) in [6, 6.07) is 0. The van der Waals surface area contributed by atoms with E-state index in [4.69, 9.17) is 9.47 Å². The number of aliphatic hydroxyl groups is 2. The Hall–Kier alpha value is -1.61. The topological polar surface area (TPSA) is 109 Å². The van der Waals surface area contributed by atoms with Gasteiger partial charge in [-0.15, -0.1) is 11.3 Å². The van der Waals surface area contributed by atoms with Crippen LogP contribution in [0.3, 0.4) is 0 Å². The lowest BCUT2D eigenvalue weighted by molar-refractivity contribution is -0.161. The number of aliphatic hydroxyl groups excluding tert-OH is 2. The van der Waals surface area contributed by atoms with E-state index in [0.717, 1.165) is 35.5 Å². The van der Waals surface area contributed by atoms with Crippen LogP contribution >= 0.6 is 11.3 Å².